The van der Waals surface area contributed by atoms with Crippen LogP contribution in [0.1, 0.15) is 20.3 Å². The highest BCUT2D eigenvalue weighted by atomic mass is 19.1. The summed E-state index contributed by atoms with van der Waals surface area (Å²) in [6, 6.07) is 11.7. The second kappa shape index (κ2) is 13.3. The van der Waals surface area contributed by atoms with Crippen molar-refractivity contribution in [3.05, 3.63) is 79.2 Å². The van der Waals surface area contributed by atoms with E-state index in [1.807, 2.05) is 63.2 Å². The van der Waals surface area contributed by atoms with Crippen LogP contribution in [0, 0.1) is 11.9 Å². The normalized spacial score (nSPS) is 12.4. The zero-order chi connectivity index (χ0) is 29.5. The standard InChI is InChI=1S/C31H35FN6O3/c1-20(2)13-27(33)31(40)41-19-38-18-26(22-10-11-34-28(32)16-22)25-15-23(17-35-30(25)38)21-7-5-8-24(14-21)36-29(39)9-6-12-37(3)4/h5-11,14-18,20,27H,12-13,19,33H2,1-4H3,(H,36,39)/b9-6+/t27-/m0/s1. The number of anilines is 1. The molecule has 4 aromatic rings. The van der Waals surface area contributed by atoms with Gasteiger partial charge in [-0.15, -0.1) is 0 Å². The smallest absolute Gasteiger partial charge is 0.324 e. The van der Waals surface area contributed by atoms with Crippen LogP contribution in [0.4, 0.5) is 10.1 Å². The second-order valence-corrected chi connectivity index (χ2v) is 10.5. The number of aromatic nitrogens is 3. The van der Waals surface area contributed by atoms with E-state index in [0.29, 0.717) is 35.4 Å². The Labute approximate surface area is 238 Å². The summed E-state index contributed by atoms with van der Waals surface area (Å²) in [5.74, 6) is -1.07. The zero-order valence-corrected chi connectivity index (χ0v) is 23.7. The number of nitrogens with two attached hydrogens (primary N) is 1. The highest BCUT2D eigenvalue weighted by Crippen LogP contribution is 2.33. The number of amides is 1. The van der Waals surface area contributed by atoms with Crippen molar-refractivity contribution in [1.82, 2.24) is 19.4 Å². The van der Waals surface area contributed by atoms with E-state index in [4.69, 9.17) is 10.5 Å². The third-order valence-corrected chi connectivity index (χ3v) is 6.33. The van der Waals surface area contributed by atoms with Gasteiger partial charge >= 0.3 is 5.97 Å². The fraction of sp³-hybridized carbons (Fsp3) is 0.290. The number of benzene rings is 1. The first kappa shape index (κ1) is 29.6. The van der Waals surface area contributed by atoms with Gasteiger partial charge in [-0.05, 0) is 61.8 Å². The van der Waals surface area contributed by atoms with E-state index in [-0.39, 0.29) is 18.6 Å². The number of fused-ring (bicyclic) bond motifs is 1. The summed E-state index contributed by atoms with van der Waals surface area (Å²) >= 11 is 0. The maximum absolute atomic E-state index is 14.1. The van der Waals surface area contributed by atoms with Crippen molar-refractivity contribution in [2.75, 3.05) is 26.0 Å². The van der Waals surface area contributed by atoms with Crippen LogP contribution in [0.25, 0.3) is 33.3 Å². The highest BCUT2D eigenvalue weighted by molar-refractivity contribution is 6.00. The van der Waals surface area contributed by atoms with E-state index in [1.165, 1.54) is 18.3 Å². The molecule has 4 rings (SSSR count). The quantitative estimate of drug-likeness (QED) is 0.154. The number of hydrogen-bond donors (Lipinski definition) is 2. The molecule has 1 aromatic carbocycles. The summed E-state index contributed by atoms with van der Waals surface area (Å²) < 4.78 is 21.3. The maximum atomic E-state index is 14.1. The van der Waals surface area contributed by atoms with E-state index >= 15 is 0 Å². The van der Waals surface area contributed by atoms with E-state index in [2.05, 4.69) is 15.3 Å². The van der Waals surface area contributed by atoms with Gasteiger partial charge in [0.15, 0.2) is 6.73 Å². The van der Waals surface area contributed by atoms with Crippen molar-refractivity contribution in [2.24, 2.45) is 11.7 Å². The predicted octanol–water partition coefficient (Wildman–Crippen LogP) is 4.83. The lowest BCUT2D eigenvalue weighted by molar-refractivity contribution is -0.149. The Hall–Kier alpha value is -4.41. The average Bonchev–Trinajstić information content (AvgIpc) is 3.29. The van der Waals surface area contributed by atoms with Gasteiger partial charge in [0.2, 0.25) is 11.9 Å². The van der Waals surface area contributed by atoms with Crippen LogP contribution < -0.4 is 11.1 Å². The lowest BCUT2D eigenvalue weighted by Gasteiger charge is -2.14. The molecular weight excluding hydrogens is 523 g/mol. The topological polar surface area (TPSA) is 115 Å². The van der Waals surface area contributed by atoms with Crippen molar-refractivity contribution >= 4 is 28.6 Å². The van der Waals surface area contributed by atoms with Crippen LogP contribution in [0.3, 0.4) is 0 Å². The fourth-order valence-corrected chi connectivity index (χ4v) is 4.40. The van der Waals surface area contributed by atoms with Gasteiger partial charge in [0, 0.05) is 59.5 Å². The monoisotopic (exact) mass is 558 g/mol. The Morgan fingerprint density at radius 3 is 2.66 bits per heavy atom. The molecular formula is C31H35FN6O3. The van der Waals surface area contributed by atoms with Crippen LogP contribution >= 0.6 is 0 Å². The van der Waals surface area contributed by atoms with Gasteiger partial charge in [-0.1, -0.05) is 32.1 Å². The Kier molecular flexibility index (Phi) is 9.59. The summed E-state index contributed by atoms with van der Waals surface area (Å²) in [5, 5.41) is 3.62. The molecule has 3 aromatic heterocycles. The summed E-state index contributed by atoms with van der Waals surface area (Å²) in [6.45, 7) is 4.54. The van der Waals surface area contributed by atoms with Crippen molar-refractivity contribution in [2.45, 2.75) is 33.0 Å². The molecule has 0 spiro atoms. The number of rotatable bonds is 11. The number of nitrogens with one attached hydrogen (secondary N) is 1. The summed E-state index contributed by atoms with van der Waals surface area (Å²) in [5.41, 5.74) is 10.1. The molecule has 0 aliphatic rings. The molecule has 0 fully saturated rings. The van der Waals surface area contributed by atoms with Crippen molar-refractivity contribution in [3.63, 3.8) is 0 Å². The van der Waals surface area contributed by atoms with Crippen LogP contribution in [-0.4, -0.2) is 58.0 Å². The third-order valence-electron chi connectivity index (χ3n) is 6.33. The molecule has 0 saturated carbocycles. The van der Waals surface area contributed by atoms with Crippen LogP contribution in [0.2, 0.25) is 0 Å². The number of hydrogen-bond acceptors (Lipinski definition) is 7. The molecule has 0 aliphatic heterocycles. The van der Waals surface area contributed by atoms with Crippen molar-refractivity contribution in [1.29, 1.82) is 0 Å². The Morgan fingerprint density at radius 1 is 1.12 bits per heavy atom. The predicted molar refractivity (Wildman–Crippen MR) is 158 cm³/mol. The summed E-state index contributed by atoms with van der Waals surface area (Å²) in [4.78, 5) is 35.1. The van der Waals surface area contributed by atoms with E-state index in [1.54, 1.807) is 29.1 Å². The molecule has 0 bridgehead atoms. The molecule has 1 amide bonds. The molecule has 0 radical (unpaired) electrons. The molecule has 3 heterocycles. The number of likely N-dealkylation sites (N-methyl/N-ethyl adjacent to an activating group) is 1. The number of ether oxygens (including phenoxy) is 1. The molecule has 0 unspecified atom stereocenters. The van der Waals surface area contributed by atoms with Gasteiger partial charge in [-0.3, -0.25) is 14.2 Å². The summed E-state index contributed by atoms with van der Waals surface area (Å²) in [6.07, 6.45) is 8.69. The molecule has 0 aliphatic carbocycles. The first-order chi connectivity index (χ1) is 19.6. The van der Waals surface area contributed by atoms with Gasteiger partial charge in [-0.2, -0.15) is 4.39 Å². The first-order valence-electron chi connectivity index (χ1n) is 13.4. The van der Waals surface area contributed by atoms with Gasteiger partial charge in [-0.25, -0.2) is 9.97 Å². The average molecular weight is 559 g/mol. The largest absolute Gasteiger partial charge is 0.443 e. The minimum Gasteiger partial charge on any atom is -0.443 e. The third kappa shape index (κ3) is 7.84. The van der Waals surface area contributed by atoms with Crippen molar-refractivity contribution in [3.8, 4) is 22.3 Å². The van der Waals surface area contributed by atoms with Gasteiger partial charge in [0.05, 0.1) is 0 Å². The SMILES string of the molecule is CC(C)C[C@H](N)C(=O)OCn1cc(-c2ccnc(F)c2)c2cc(-c3cccc(NC(=O)/C=C/CN(C)C)c3)cnc21. The first-order valence-corrected chi connectivity index (χ1v) is 13.4. The van der Waals surface area contributed by atoms with E-state index in [9.17, 15) is 14.0 Å². The lowest BCUT2D eigenvalue weighted by Crippen LogP contribution is -2.33. The molecule has 9 nitrogen and oxygen atoms in total. The van der Waals surface area contributed by atoms with E-state index in [0.717, 1.165) is 16.5 Å². The van der Waals surface area contributed by atoms with Crippen LogP contribution in [0.5, 0.6) is 0 Å². The molecule has 0 saturated heterocycles. The number of carbonyl (C=O) groups is 2. The Morgan fingerprint density at radius 2 is 1.93 bits per heavy atom. The van der Waals surface area contributed by atoms with Crippen molar-refractivity contribution < 1.29 is 18.7 Å². The minimum absolute atomic E-state index is 0.0934. The second-order valence-electron chi connectivity index (χ2n) is 10.5. The molecule has 41 heavy (non-hydrogen) atoms. The Bertz CT molecular complexity index is 1560. The minimum atomic E-state index is -0.721. The molecule has 1 atom stereocenters. The summed E-state index contributed by atoms with van der Waals surface area (Å²) in [7, 11) is 3.86. The number of pyridine rings is 2. The fourth-order valence-electron chi connectivity index (χ4n) is 4.40. The molecule has 214 valence electrons. The number of esters is 1. The van der Waals surface area contributed by atoms with Crippen LogP contribution in [0.15, 0.2) is 73.2 Å². The molecule has 3 N–H and O–H groups in total. The zero-order valence-electron chi connectivity index (χ0n) is 23.7. The number of halogens is 1. The van der Waals surface area contributed by atoms with Gasteiger partial charge in [0.1, 0.15) is 11.7 Å². The Balaban J connectivity index is 1.65. The molecule has 10 heteroatoms. The van der Waals surface area contributed by atoms with E-state index < -0.39 is 18.0 Å². The van der Waals surface area contributed by atoms with Gasteiger partial charge in [0.25, 0.3) is 0 Å². The number of nitrogens with zero attached hydrogens (tertiary/aromatic N) is 4. The lowest BCUT2D eigenvalue weighted by atomic mass is 10.0. The highest BCUT2D eigenvalue weighted by Gasteiger charge is 2.19. The van der Waals surface area contributed by atoms with Crippen LogP contribution in [-0.2, 0) is 21.1 Å². The maximum Gasteiger partial charge on any atom is 0.324 e. The van der Waals surface area contributed by atoms with Gasteiger partial charge < -0.3 is 20.7 Å². The number of carbonyl (C=O) groups excluding carboxylic acids is 2.